The van der Waals surface area contributed by atoms with Gasteiger partial charge in [0.05, 0.1) is 6.61 Å². The monoisotopic (exact) mass is 243 g/mol. The van der Waals surface area contributed by atoms with Gasteiger partial charge in [-0.25, -0.2) is 0 Å². The Bertz CT molecular complexity index is 511. The fourth-order valence-electron chi connectivity index (χ4n) is 1.79. The summed E-state index contributed by atoms with van der Waals surface area (Å²) in [6.07, 6.45) is 0. The van der Waals surface area contributed by atoms with Crippen LogP contribution in [-0.4, -0.2) is 20.3 Å². The highest BCUT2D eigenvalue weighted by Crippen LogP contribution is 2.33. The van der Waals surface area contributed by atoms with Gasteiger partial charge in [-0.05, 0) is 12.1 Å². The van der Waals surface area contributed by atoms with Crippen molar-refractivity contribution in [3.05, 3.63) is 48.5 Å². The van der Waals surface area contributed by atoms with Gasteiger partial charge >= 0.3 is 0 Å². The number of hydrogen-bond donors (Lipinski definition) is 1. The van der Waals surface area contributed by atoms with E-state index in [-0.39, 0.29) is 0 Å². The van der Waals surface area contributed by atoms with Gasteiger partial charge in [-0.15, -0.1) is 0 Å². The van der Waals surface area contributed by atoms with Crippen molar-refractivity contribution >= 4 is 5.69 Å². The van der Waals surface area contributed by atoms with E-state index in [1.165, 1.54) is 0 Å². The highest BCUT2D eigenvalue weighted by atomic mass is 16.5. The summed E-state index contributed by atoms with van der Waals surface area (Å²) < 4.78 is 10.7. The smallest absolute Gasteiger partial charge is 0.127 e. The molecular formula is C15H17NO2. The molecule has 2 aromatic carbocycles. The molecule has 0 amide bonds. The second-order valence-corrected chi connectivity index (χ2v) is 3.92. The zero-order valence-electron chi connectivity index (χ0n) is 10.4. The van der Waals surface area contributed by atoms with Crippen molar-refractivity contribution in [1.82, 2.24) is 0 Å². The van der Waals surface area contributed by atoms with Gasteiger partial charge in [-0.1, -0.05) is 36.4 Å². The predicted molar refractivity (Wildman–Crippen MR) is 73.7 cm³/mol. The van der Waals surface area contributed by atoms with Gasteiger partial charge in [-0.3, -0.25) is 0 Å². The SMILES string of the molecule is COCCOc1ccccc1-c1ccccc1N. The van der Waals surface area contributed by atoms with Crippen LogP contribution in [0.25, 0.3) is 11.1 Å². The van der Waals surface area contributed by atoms with Gasteiger partial charge < -0.3 is 15.2 Å². The van der Waals surface area contributed by atoms with Gasteiger partial charge in [-0.2, -0.15) is 0 Å². The van der Waals surface area contributed by atoms with E-state index >= 15 is 0 Å². The molecule has 0 radical (unpaired) electrons. The van der Waals surface area contributed by atoms with Crippen LogP contribution >= 0.6 is 0 Å². The van der Waals surface area contributed by atoms with Crippen molar-refractivity contribution in [3.8, 4) is 16.9 Å². The molecule has 3 heteroatoms. The van der Waals surface area contributed by atoms with Crippen LogP contribution in [0.3, 0.4) is 0 Å². The first-order valence-electron chi connectivity index (χ1n) is 5.88. The maximum atomic E-state index is 6.00. The van der Waals surface area contributed by atoms with Crippen LogP contribution in [0.2, 0.25) is 0 Å². The number of methoxy groups -OCH3 is 1. The topological polar surface area (TPSA) is 44.5 Å². The first-order chi connectivity index (χ1) is 8.83. The van der Waals surface area contributed by atoms with Crippen LogP contribution in [0, 0.1) is 0 Å². The van der Waals surface area contributed by atoms with E-state index < -0.39 is 0 Å². The standard InChI is InChI=1S/C15H17NO2/c1-17-10-11-18-15-9-5-3-7-13(15)12-6-2-4-8-14(12)16/h2-9H,10-11,16H2,1H3. The van der Waals surface area contributed by atoms with Crippen molar-refractivity contribution in [2.75, 3.05) is 26.1 Å². The number of nitrogen functional groups attached to an aromatic ring is 1. The second kappa shape index (κ2) is 6.07. The lowest BCUT2D eigenvalue weighted by Gasteiger charge is -2.12. The summed E-state index contributed by atoms with van der Waals surface area (Å²) in [5, 5.41) is 0. The largest absolute Gasteiger partial charge is 0.491 e. The number of para-hydroxylation sites is 2. The third kappa shape index (κ3) is 2.81. The van der Waals surface area contributed by atoms with Gasteiger partial charge in [0.1, 0.15) is 12.4 Å². The average molecular weight is 243 g/mol. The summed E-state index contributed by atoms with van der Waals surface area (Å²) in [5.74, 6) is 0.826. The Hall–Kier alpha value is -2.00. The quantitative estimate of drug-likeness (QED) is 0.648. The normalized spacial score (nSPS) is 10.3. The Morgan fingerprint density at radius 3 is 2.28 bits per heavy atom. The molecule has 0 atom stereocenters. The van der Waals surface area contributed by atoms with Crippen molar-refractivity contribution in [2.45, 2.75) is 0 Å². The molecule has 2 aromatic rings. The highest BCUT2D eigenvalue weighted by Gasteiger charge is 2.07. The van der Waals surface area contributed by atoms with Crippen LogP contribution < -0.4 is 10.5 Å². The summed E-state index contributed by atoms with van der Waals surface area (Å²) >= 11 is 0. The molecule has 2 N–H and O–H groups in total. The molecule has 2 rings (SSSR count). The molecular weight excluding hydrogens is 226 g/mol. The molecule has 94 valence electrons. The summed E-state index contributed by atoms with van der Waals surface area (Å²) in [5.41, 5.74) is 8.74. The Morgan fingerprint density at radius 1 is 0.889 bits per heavy atom. The van der Waals surface area contributed by atoms with Gasteiger partial charge in [0.25, 0.3) is 0 Å². The fourth-order valence-corrected chi connectivity index (χ4v) is 1.79. The van der Waals surface area contributed by atoms with E-state index in [1.54, 1.807) is 7.11 Å². The molecule has 0 heterocycles. The number of ether oxygens (including phenoxy) is 2. The van der Waals surface area contributed by atoms with Gasteiger partial charge in [0, 0.05) is 23.9 Å². The molecule has 3 nitrogen and oxygen atoms in total. The maximum Gasteiger partial charge on any atom is 0.127 e. The fraction of sp³-hybridized carbons (Fsp3) is 0.200. The van der Waals surface area contributed by atoms with Crippen LogP contribution in [0.5, 0.6) is 5.75 Å². The van der Waals surface area contributed by atoms with Crippen molar-refractivity contribution < 1.29 is 9.47 Å². The van der Waals surface area contributed by atoms with E-state index in [0.29, 0.717) is 13.2 Å². The molecule has 0 aromatic heterocycles. The van der Waals surface area contributed by atoms with Gasteiger partial charge in [0.2, 0.25) is 0 Å². The molecule has 18 heavy (non-hydrogen) atoms. The number of anilines is 1. The summed E-state index contributed by atoms with van der Waals surface area (Å²) in [6, 6.07) is 15.7. The molecule has 0 saturated carbocycles. The Morgan fingerprint density at radius 2 is 1.56 bits per heavy atom. The summed E-state index contributed by atoms with van der Waals surface area (Å²) in [4.78, 5) is 0. The minimum absolute atomic E-state index is 0.528. The molecule has 0 aliphatic rings. The van der Waals surface area contributed by atoms with E-state index in [2.05, 4.69) is 0 Å². The number of nitrogens with two attached hydrogens (primary N) is 1. The third-order valence-electron chi connectivity index (χ3n) is 2.68. The second-order valence-electron chi connectivity index (χ2n) is 3.92. The van der Waals surface area contributed by atoms with E-state index in [9.17, 15) is 0 Å². The minimum atomic E-state index is 0.528. The molecule has 0 bridgehead atoms. The molecule has 0 spiro atoms. The molecule has 0 aliphatic carbocycles. The predicted octanol–water partition coefficient (Wildman–Crippen LogP) is 2.96. The van der Waals surface area contributed by atoms with Crippen LogP contribution in [0.1, 0.15) is 0 Å². The van der Waals surface area contributed by atoms with E-state index in [1.807, 2.05) is 48.5 Å². The molecule has 0 aliphatic heterocycles. The van der Waals surface area contributed by atoms with E-state index in [0.717, 1.165) is 22.6 Å². The lowest BCUT2D eigenvalue weighted by atomic mass is 10.0. The molecule has 0 unspecified atom stereocenters. The van der Waals surface area contributed by atoms with Gasteiger partial charge in [0.15, 0.2) is 0 Å². The van der Waals surface area contributed by atoms with Crippen molar-refractivity contribution in [3.63, 3.8) is 0 Å². The van der Waals surface area contributed by atoms with Crippen molar-refractivity contribution in [2.24, 2.45) is 0 Å². The van der Waals surface area contributed by atoms with Crippen molar-refractivity contribution in [1.29, 1.82) is 0 Å². The summed E-state index contributed by atoms with van der Waals surface area (Å²) in [6.45, 7) is 1.10. The van der Waals surface area contributed by atoms with Crippen LogP contribution in [0.15, 0.2) is 48.5 Å². The van der Waals surface area contributed by atoms with Crippen LogP contribution in [-0.2, 0) is 4.74 Å². The Kier molecular flexibility index (Phi) is 4.20. The molecule has 0 fully saturated rings. The first-order valence-corrected chi connectivity index (χ1v) is 5.88. The minimum Gasteiger partial charge on any atom is -0.491 e. The first kappa shape index (κ1) is 12.5. The number of benzene rings is 2. The Labute approximate surface area is 107 Å². The number of hydrogen-bond acceptors (Lipinski definition) is 3. The lowest BCUT2D eigenvalue weighted by molar-refractivity contribution is 0.146. The third-order valence-corrected chi connectivity index (χ3v) is 2.68. The zero-order chi connectivity index (χ0) is 12.8. The van der Waals surface area contributed by atoms with Crippen LogP contribution in [0.4, 0.5) is 5.69 Å². The molecule has 0 saturated heterocycles. The zero-order valence-corrected chi connectivity index (χ0v) is 10.4. The summed E-state index contributed by atoms with van der Waals surface area (Å²) in [7, 11) is 1.66. The lowest BCUT2D eigenvalue weighted by Crippen LogP contribution is -2.05. The number of rotatable bonds is 5. The average Bonchev–Trinajstić information content (AvgIpc) is 2.40. The van der Waals surface area contributed by atoms with E-state index in [4.69, 9.17) is 15.2 Å². The highest BCUT2D eigenvalue weighted by molar-refractivity contribution is 5.80. The Balaban J connectivity index is 2.30. The maximum absolute atomic E-state index is 6.00.